The molecule has 0 aliphatic carbocycles. The van der Waals surface area contributed by atoms with Crippen molar-refractivity contribution in [2.24, 2.45) is 5.92 Å². The highest BCUT2D eigenvalue weighted by molar-refractivity contribution is 5.78. The first-order valence-corrected chi connectivity index (χ1v) is 6.31. The molecule has 3 nitrogen and oxygen atoms in total. The second-order valence-electron chi connectivity index (χ2n) is 4.85. The summed E-state index contributed by atoms with van der Waals surface area (Å²) in [5.41, 5.74) is 3.78. The molecule has 0 spiro atoms. The van der Waals surface area contributed by atoms with Crippen LogP contribution in [0, 0.1) is 5.92 Å². The smallest absolute Gasteiger partial charge is 0.222 e. The fourth-order valence-electron chi connectivity index (χ4n) is 2.11. The minimum absolute atomic E-state index is 0.0440. The Bertz CT molecular complexity index is 413. The third-order valence-corrected chi connectivity index (χ3v) is 3.14. The first kappa shape index (κ1) is 12.0. The summed E-state index contributed by atoms with van der Waals surface area (Å²) in [6.45, 7) is 5.47. The van der Waals surface area contributed by atoms with E-state index >= 15 is 0 Å². The average Bonchev–Trinajstić information content (AvgIpc) is 2.35. The van der Waals surface area contributed by atoms with Crippen LogP contribution in [0.25, 0.3) is 0 Å². The first-order valence-electron chi connectivity index (χ1n) is 6.31. The number of aryl methyl sites for hydroxylation is 1. The van der Waals surface area contributed by atoms with Crippen LogP contribution in [0.15, 0.2) is 18.2 Å². The summed E-state index contributed by atoms with van der Waals surface area (Å²) in [7, 11) is 0. The zero-order valence-electron chi connectivity index (χ0n) is 10.5. The highest BCUT2D eigenvalue weighted by atomic mass is 16.1. The number of rotatable bonds is 3. The van der Waals surface area contributed by atoms with E-state index in [-0.39, 0.29) is 11.8 Å². The SMILES string of the molecule is CC(C)C(=O)NCc1cccc2c1NCCC2. The third-order valence-electron chi connectivity index (χ3n) is 3.14. The van der Waals surface area contributed by atoms with Crippen LogP contribution in [0.4, 0.5) is 5.69 Å². The number of carbonyl (C=O) groups is 1. The molecule has 1 amide bonds. The second kappa shape index (κ2) is 5.21. The largest absolute Gasteiger partial charge is 0.385 e. The molecule has 0 saturated heterocycles. The fourth-order valence-corrected chi connectivity index (χ4v) is 2.11. The van der Waals surface area contributed by atoms with Crippen molar-refractivity contribution in [3.05, 3.63) is 29.3 Å². The molecule has 0 radical (unpaired) electrons. The minimum atomic E-state index is 0.0440. The first-order chi connectivity index (χ1) is 8.18. The number of anilines is 1. The van der Waals surface area contributed by atoms with Gasteiger partial charge in [0.25, 0.3) is 0 Å². The van der Waals surface area contributed by atoms with E-state index in [2.05, 4.69) is 28.8 Å². The van der Waals surface area contributed by atoms with Gasteiger partial charge in [0.2, 0.25) is 5.91 Å². The van der Waals surface area contributed by atoms with Gasteiger partial charge in [0, 0.05) is 24.7 Å². The van der Waals surface area contributed by atoms with E-state index in [9.17, 15) is 4.79 Å². The molecule has 1 aromatic rings. The van der Waals surface area contributed by atoms with Crippen molar-refractivity contribution in [1.82, 2.24) is 5.32 Å². The quantitative estimate of drug-likeness (QED) is 0.839. The molecule has 0 bridgehead atoms. The van der Waals surface area contributed by atoms with Gasteiger partial charge in [-0.3, -0.25) is 4.79 Å². The summed E-state index contributed by atoms with van der Waals surface area (Å²) in [6.07, 6.45) is 2.32. The highest BCUT2D eigenvalue weighted by Crippen LogP contribution is 2.25. The number of nitrogens with one attached hydrogen (secondary N) is 2. The molecule has 0 fully saturated rings. The lowest BCUT2D eigenvalue weighted by Crippen LogP contribution is -2.28. The Kier molecular flexibility index (Phi) is 3.67. The number of benzene rings is 1. The Balaban J connectivity index is 2.08. The van der Waals surface area contributed by atoms with Gasteiger partial charge in [-0.2, -0.15) is 0 Å². The van der Waals surface area contributed by atoms with Crippen LogP contribution in [0.1, 0.15) is 31.4 Å². The van der Waals surface area contributed by atoms with Gasteiger partial charge in [0.05, 0.1) is 0 Å². The molecule has 1 aliphatic heterocycles. The molecule has 0 saturated carbocycles. The normalized spacial score (nSPS) is 14.1. The molecule has 0 unspecified atom stereocenters. The molecule has 1 aromatic carbocycles. The van der Waals surface area contributed by atoms with Crippen LogP contribution >= 0.6 is 0 Å². The zero-order chi connectivity index (χ0) is 12.3. The van der Waals surface area contributed by atoms with E-state index in [0.29, 0.717) is 6.54 Å². The monoisotopic (exact) mass is 232 g/mol. The van der Waals surface area contributed by atoms with E-state index in [0.717, 1.165) is 13.0 Å². The molecule has 0 atom stereocenters. The van der Waals surface area contributed by atoms with E-state index in [4.69, 9.17) is 0 Å². The molecule has 3 heteroatoms. The minimum Gasteiger partial charge on any atom is -0.385 e. The summed E-state index contributed by atoms with van der Waals surface area (Å²) in [6, 6.07) is 6.32. The van der Waals surface area contributed by atoms with Gasteiger partial charge >= 0.3 is 0 Å². The van der Waals surface area contributed by atoms with Crippen molar-refractivity contribution in [1.29, 1.82) is 0 Å². The van der Waals surface area contributed by atoms with Crippen molar-refractivity contribution in [2.75, 3.05) is 11.9 Å². The topological polar surface area (TPSA) is 41.1 Å². The van der Waals surface area contributed by atoms with Crippen molar-refractivity contribution in [2.45, 2.75) is 33.2 Å². The molecule has 92 valence electrons. The number of fused-ring (bicyclic) bond motifs is 1. The predicted octanol–water partition coefficient (Wildman–Crippen LogP) is 2.32. The highest BCUT2D eigenvalue weighted by Gasteiger charge is 2.13. The molecular formula is C14H20N2O. The Labute approximate surface area is 103 Å². The maximum absolute atomic E-state index is 11.6. The van der Waals surface area contributed by atoms with Crippen LogP contribution in [0.5, 0.6) is 0 Å². The van der Waals surface area contributed by atoms with Crippen molar-refractivity contribution < 1.29 is 4.79 Å². The van der Waals surface area contributed by atoms with Crippen molar-refractivity contribution >= 4 is 11.6 Å². The zero-order valence-corrected chi connectivity index (χ0v) is 10.5. The fraction of sp³-hybridized carbons (Fsp3) is 0.500. The Morgan fingerprint density at radius 1 is 1.47 bits per heavy atom. The summed E-state index contributed by atoms with van der Waals surface area (Å²) < 4.78 is 0. The Morgan fingerprint density at radius 3 is 3.06 bits per heavy atom. The van der Waals surface area contributed by atoms with E-state index in [1.165, 1.54) is 23.2 Å². The summed E-state index contributed by atoms with van der Waals surface area (Å²) >= 11 is 0. The van der Waals surface area contributed by atoms with E-state index < -0.39 is 0 Å². The van der Waals surface area contributed by atoms with Gasteiger partial charge in [0.15, 0.2) is 0 Å². The molecule has 2 rings (SSSR count). The van der Waals surface area contributed by atoms with Gasteiger partial charge in [-0.05, 0) is 24.0 Å². The average molecular weight is 232 g/mol. The molecule has 1 heterocycles. The number of carbonyl (C=O) groups excluding carboxylic acids is 1. The maximum Gasteiger partial charge on any atom is 0.222 e. The second-order valence-corrected chi connectivity index (χ2v) is 4.85. The number of hydrogen-bond donors (Lipinski definition) is 2. The van der Waals surface area contributed by atoms with Crippen LogP contribution in [-0.4, -0.2) is 12.5 Å². The van der Waals surface area contributed by atoms with Gasteiger partial charge in [-0.25, -0.2) is 0 Å². The number of hydrogen-bond acceptors (Lipinski definition) is 2. The van der Waals surface area contributed by atoms with Crippen LogP contribution in [0.3, 0.4) is 0 Å². The molecular weight excluding hydrogens is 212 g/mol. The molecule has 1 aliphatic rings. The van der Waals surface area contributed by atoms with Gasteiger partial charge < -0.3 is 10.6 Å². The summed E-state index contributed by atoms with van der Waals surface area (Å²) in [5, 5.41) is 6.40. The lowest BCUT2D eigenvalue weighted by molar-refractivity contribution is -0.124. The Hall–Kier alpha value is -1.51. The molecule has 2 N–H and O–H groups in total. The van der Waals surface area contributed by atoms with Crippen LogP contribution in [0.2, 0.25) is 0 Å². The van der Waals surface area contributed by atoms with Crippen molar-refractivity contribution in [3.8, 4) is 0 Å². The van der Waals surface area contributed by atoms with Crippen LogP contribution in [-0.2, 0) is 17.8 Å². The predicted molar refractivity (Wildman–Crippen MR) is 69.9 cm³/mol. The maximum atomic E-state index is 11.6. The number of amides is 1. The van der Waals surface area contributed by atoms with Crippen LogP contribution < -0.4 is 10.6 Å². The standard InChI is InChI=1S/C14H20N2O/c1-10(2)14(17)16-9-12-6-3-5-11-7-4-8-15-13(11)12/h3,5-6,10,15H,4,7-9H2,1-2H3,(H,16,17). The molecule has 17 heavy (non-hydrogen) atoms. The third kappa shape index (κ3) is 2.78. The summed E-state index contributed by atoms with van der Waals surface area (Å²) in [5.74, 6) is 0.154. The lowest BCUT2D eigenvalue weighted by Gasteiger charge is -2.21. The summed E-state index contributed by atoms with van der Waals surface area (Å²) in [4.78, 5) is 11.6. The number of para-hydroxylation sites is 1. The van der Waals surface area contributed by atoms with Crippen molar-refractivity contribution in [3.63, 3.8) is 0 Å². The van der Waals surface area contributed by atoms with Gasteiger partial charge in [-0.15, -0.1) is 0 Å². The Morgan fingerprint density at radius 2 is 2.29 bits per heavy atom. The van der Waals surface area contributed by atoms with E-state index in [1.807, 2.05) is 13.8 Å². The van der Waals surface area contributed by atoms with Gasteiger partial charge in [0.1, 0.15) is 0 Å². The van der Waals surface area contributed by atoms with E-state index in [1.54, 1.807) is 0 Å². The lowest BCUT2D eigenvalue weighted by atomic mass is 9.99. The van der Waals surface area contributed by atoms with Gasteiger partial charge in [-0.1, -0.05) is 32.0 Å². The molecule has 0 aromatic heterocycles.